The molecule has 0 aliphatic heterocycles. The van der Waals surface area contributed by atoms with E-state index >= 15 is 0 Å². The van der Waals surface area contributed by atoms with Crippen LogP contribution in [-0.4, -0.2) is 19.0 Å². The van der Waals surface area contributed by atoms with E-state index in [2.05, 4.69) is 0 Å². The lowest BCUT2D eigenvalue weighted by Gasteiger charge is -2.19. The highest BCUT2D eigenvalue weighted by Crippen LogP contribution is 2.21. The van der Waals surface area contributed by atoms with Crippen molar-refractivity contribution in [3.05, 3.63) is 59.1 Å². The first kappa shape index (κ1) is 14.9. The number of amides is 2. The van der Waals surface area contributed by atoms with Crippen molar-refractivity contribution in [3.63, 3.8) is 0 Å². The highest BCUT2D eigenvalue weighted by molar-refractivity contribution is 6.30. The number of rotatable bonds is 3. The Bertz CT molecular complexity index is 671. The summed E-state index contributed by atoms with van der Waals surface area (Å²) >= 11 is 5.76. The maximum Gasteiger partial charge on any atom is 0.419 e. The van der Waals surface area contributed by atoms with Crippen molar-refractivity contribution in [3.8, 4) is 5.75 Å². The van der Waals surface area contributed by atoms with Gasteiger partial charge in [-0.05, 0) is 36.4 Å². The van der Waals surface area contributed by atoms with E-state index in [0.717, 1.165) is 0 Å². The molecule has 108 valence electrons. The maximum atomic E-state index is 12.1. The zero-order valence-electron chi connectivity index (χ0n) is 11.2. The van der Waals surface area contributed by atoms with Gasteiger partial charge in [-0.1, -0.05) is 23.7 Å². The number of hydrogen-bond acceptors (Lipinski definition) is 3. The minimum absolute atomic E-state index is 0.244. The van der Waals surface area contributed by atoms with Crippen LogP contribution in [0.3, 0.4) is 0 Å². The lowest BCUT2D eigenvalue weighted by molar-refractivity contribution is 0.100. The molecule has 0 atom stereocenters. The fourth-order valence-electron chi connectivity index (χ4n) is 1.74. The molecule has 0 unspecified atom stereocenters. The standard InChI is InChI=1S/C15H13ClN2O3/c1-18(13-5-3-2-4-12(13)14(17)19)15(20)21-11-8-6-10(16)7-9-11/h2-9H,1H3,(H2,17,19). The van der Waals surface area contributed by atoms with E-state index < -0.39 is 12.0 Å². The van der Waals surface area contributed by atoms with Gasteiger partial charge < -0.3 is 10.5 Å². The number of nitrogens with zero attached hydrogens (tertiary/aromatic N) is 1. The number of para-hydroxylation sites is 1. The van der Waals surface area contributed by atoms with Gasteiger partial charge in [-0.15, -0.1) is 0 Å². The predicted octanol–water partition coefficient (Wildman–Crippen LogP) is 3.07. The number of carbonyl (C=O) groups excluding carboxylic acids is 2. The van der Waals surface area contributed by atoms with Gasteiger partial charge >= 0.3 is 6.09 Å². The molecule has 21 heavy (non-hydrogen) atoms. The minimum Gasteiger partial charge on any atom is -0.410 e. The average Bonchev–Trinajstić information content (AvgIpc) is 2.48. The molecule has 0 aliphatic rings. The van der Waals surface area contributed by atoms with Crippen molar-refractivity contribution in [2.24, 2.45) is 5.73 Å². The summed E-state index contributed by atoms with van der Waals surface area (Å²) in [6.45, 7) is 0. The summed E-state index contributed by atoms with van der Waals surface area (Å²) in [4.78, 5) is 24.7. The first-order valence-electron chi connectivity index (χ1n) is 6.09. The van der Waals surface area contributed by atoms with Gasteiger partial charge in [0.05, 0.1) is 11.3 Å². The molecule has 0 aromatic heterocycles. The fraction of sp³-hybridized carbons (Fsp3) is 0.0667. The van der Waals surface area contributed by atoms with Crippen molar-refractivity contribution < 1.29 is 14.3 Å². The summed E-state index contributed by atoms with van der Waals surface area (Å²) in [6.07, 6.45) is -0.633. The van der Waals surface area contributed by atoms with Gasteiger partial charge in [0.15, 0.2) is 0 Å². The molecule has 2 amide bonds. The fourth-order valence-corrected chi connectivity index (χ4v) is 1.87. The molecular weight excluding hydrogens is 292 g/mol. The third-order valence-corrected chi connectivity index (χ3v) is 3.08. The smallest absolute Gasteiger partial charge is 0.410 e. The van der Waals surface area contributed by atoms with E-state index in [1.54, 1.807) is 48.5 Å². The molecule has 0 fully saturated rings. The second-order valence-corrected chi connectivity index (χ2v) is 4.70. The Hall–Kier alpha value is -2.53. The molecule has 5 nitrogen and oxygen atoms in total. The zero-order valence-corrected chi connectivity index (χ0v) is 12.0. The Balaban J connectivity index is 2.20. The Labute approximate surface area is 126 Å². The summed E-state index contributed by atoms with van der Waals surface area (Å²) in [5.41, 5.74) is 5.91. The molecule has 2 rings (SSSR count). The Morgan fingerprint density at radius 2 is 1.71 bits per heavy atom. The van der Waals surface area contributed by atoms with Crippen molar-refractivity contribution in [1.29, 1.82) is 0 Å². The van der Waals surface area contributed by atoms with Gasteiger partial charge in [0.2, 0.25) is 0 Å². The summed E-state index contributed by atoms with van der Waals surface area (Å²) in [6, 6.07) is 12.9. The van der Waals surface area contributed by atoms with E-state index in [-0.39, 0.29) is 5.56 Å². The molecule has 0 spiro atoms. The van der Waals surface area contributed by atoms with Gasteiger partial charge in [0.25, 0.3) is 5.91 Å². The van der Waals surface area contributed by atoms with E-state index in [9.17, 15) is 9.59 Å². The second kappa shape index (κ2) is 6.28. The number of anilines is 1. The highest BCUT2D eigenvalue weighted by Gasteiger charge is 2.18. The van der Waals surface area contributed by atoms with Crippen LogP contribution in [0.2, 0.25) is 5.02 Å². The molecule has 0 radical (unpaired) electrons. The SMILES string of the molecule is CN(C(=O)Oc1ccc(Cl)cc1)c1ccccc1C(N)=O. The Kier molecular flexibility index (Phi) is 4.45. The number of carbonyl (C=O) groups is 2. The van der Waals surface area contributed by atoms with Gasteiger partial charge in [-0.2, -0.15) is 0 Å². The molecule has 0 heterocycles. The monoisotopic (exact) mass is 304 g/mol. The first-order valence-corrected chi connectivity index (χ1v) is 6.47. The molecule has 0 saturated heterocycles. The normalized spacial score (nSPS) is 10.0. The molecule has 0 saturated carbocycles. The lowest BCUT2D eigenvalue weighted by atomic mass is 10.1. The van der Waals surface area contributed by atoms with Gasteiger partial charge in [-0.3, -0.25) is 9.69 Å². The van der Waals surface area contributed by atoms with Gasteiger partial charge in [-0.25, -0.2) is 4.79 Å². The van der Waals surface area contributed by atoms with E-state index in [1.165, 1.54) is 11.9 Å². The van der Waals surface area contributed by atoms with Crippen molar-refractivity contribution in [2.45, 2.75) is 0 Å². The minimum atomic E-state index is -0.633. The van der Waals surface area contributed by atoms with Crippen LogP contribution in [0.15, 0.2) is 48.5 Å². The molecule has 2 aromatic carbocycles. The number of hydrogen-bond donors (Lipinski definition) is 1. The predicted molar refractivity (Wildman–Crippen MR) is 80.8 cm³/mol. The van der Waals surface area contributed by atoms with Crippen LogP contribution in [0.4, 0.5) is 10.5 Å². The summed E-state index contributed by atoms with van der Waals surface area (Å²) in [5, 5.41) is 0.544. The topological polar surface area (TPSA) is 72.6 Å². The van der Waals surface area contributed by atoms with Crippen LogP contribution in [-0.2, 0) is 0 Å². The van der Waals surface area contributed by atoms with Crippen LogP contribution < -0.4 is 15.4 Å². The number of ether oxygens (including phenoxy) is 1. The van der Waals surface area contributed by atoms with Crippen LogP contribution in [0, 0.1) is 0 Å². The summed E-state index contributed by atoms with van der Waals surface area (Å²) < 4.78 is 5.20. The number of primary amides is 1. The molecule has 0 bridgehead atoms. The Morgan fingerprint density at radius 1 is 1.10 bits per heavy atom. The molecular formula is C15H13ClN2O3. The van der Waals surface area contributed by atoms with Crippen LogP contribution >= 0.6 is 11.6 Å². The van der Waals surface area contributed by atoms with Gasteiger partial charge in [0, 0.05) is 12.1 Å². The zero-order chi connectivity index (χ0) is 15.4. The van der Waals surface area contributed by atoms with Crippen molar-refractivity contribution >= 4 is 29.3 Å². The molecule has 6 heteroatoms. The molecule has 0 aliphatic carbocycles. The largest absolute Gasteiger partial charge is 0.419 e. The first-order chi connectivity index (χ1) is 9.99. The Morgan fingerprint density at radius 3 is 2.33 bits per heavy atom. The third-order valence-electron chi connectivity index (χ3n) is 2.82. The van der Waals surface area contributed by atoms with Crippen LogP contribution in [0.1, 0.15) is 10.4 Å². The summed E-state index contributed by atoms with van der Waals surface area (Å²) in [7, 11) is 1.50. The van der Waals surface area contributed by atoms with Crippen LogP contribution in [0.5, 0.6) is 5.75 Å². The average molecular weight is 305 g/mol. The maximum absolute atomic E-state index is 12.1. The van der Waals surface area contributed by atoms with E-state index in [4.69, 9.17) is 22.1 Å². The van der Waals surface area contributed by atoms with E-state index in [1.807, 2.05) is 0 Å². The third kappa shape index (κ3) is 3.52. The number of halogens is 1. The molecule has 2 aromatic rings. The number of nitrogens with two attached hydrogens (primary N) is 1. The second-order valence-electron chi connectivity index (χ2n) is 4.26. The quantitative estimate of drug-likeness (QED) is 0.947. The molecule has 2 N–H and O–H groups in total. The number of benzene rings is 2. The van der Waals surface area contributed by atoms with Crippen molar-refractivity contribution in [2.75, 3.05) is 11.9 Å². The highest BCUT2D eigenvalue weighted by atomic mass is 35.5. The summed E-state index contributed by atoms with van der Waals surface area (Å²) in [5.74, 6) is -0.260. The lowest BCUT2D eigenvalue weighted by Crippen LogP contribution is -2.31. The van der Waals surface area contributed by atoms with E-state index in [0.29, 0.717) is 16.5 Å². The van der Waals surface area contributed by atoms with Crippen molar-refractivity contribution in [1.82, 2.24) is 0 Å². The van der Waals surface area contributed by atoms with Gasteiger partial charge in [0.1, 0.15) is 5.75 Å². The van der Waals surface area contributed by atoms with Crippen LogP contribution in [0.25, 0.3) is 0 Å².